The number of halogens is 1. The van der Waals surface area contributed by atoms with E-state index in [2.05, 4.69) is 15.9 Å². The highest BCUT2D eigenvalue weighted by Crippen LogP contribution is 2.25. The van der Waals surface area contributed by atoms with Gasteiger partial charge in [0.05, 0.1) is 4.90 Å². The Bertz CT molecular complexity index is 504. The summed E-state index contributed by atoms with van der Waals surface area (Å²) in [6, 6.07) is 6.79. The molecule has 4 nitrogen and oxygen atoms in total. The molecule has 0 unspecified atom stereocenters. The van der Waals surface area contributed by atoms with Gasteiger partial charge in [0.1, 0.15) is 0 Å². The fraction of sp³-hybridized carbons (Fsp3) is 0.455. The monoisotopic (exact) mass is 318 g/mol. The first-order valence-corrected chi connectivity index (χ1v) is 7.73. The van der Waals surface area contributed by atoms with Crippen molar-refractivity contribution in [3.05, 3.63) is 28.7 Å². The highest BCUT2D eigenvalue weighted by atomic mass is 79.9. The molecule has 6 heteroatoms. The second-order valence-corrected chi connectivity index (χ2v) is 7.06. The summed E-state index contributed by atoms with van der Waals surface area (Å²) < 4.78 is 26.9. The lowest BCUT2D eigenvalue weighted by Gasteiger charge is -2.16. The summed E-state index contributed by atoms with van der Waals surface area (Å²) in [7, 11) is -3.36. The third kappa shape index (κ3) is 2.70. The van der Waals surface area contributed by atoms with Crippen LogP contribution in [-0.4, -0.2) is 32.4 Å². The smallest absolute Gasteiger partial charge is 0.243 e. The molecule has 0 saturated carbocycles. The van der Waals surface area contributed by atoms with Crippen LogP contribution in [0.2, 0.25) is 0 Å². The van der Waals surface area contributed by atoms with E-state index in [1.807, 2.05) is 6.07 Å². The van der Waals surface area contributed by atoms with Gasteiger partial charge in [-0.1, -0.05) is 22.0 Å². The summed E-state index contributed by atoms with van der Waals surface area (Å²) in [5, 5.41) is 0. The first kappa shape index (κ1) is 13.0. The highest BCUT2D eigenvalue weighted by molar-refractivity contribution is 9.10. The van der Waals surface area contributed by atoms with Gasteiger partial charge in [0.2, 0.25) is 10.0 Å². The van der Waals surface area contributed by atoms with Crippen LogP contribution in [0.15, 0.2) is 33.6 Å². The minimum absolute atomic E-state index is 0.289. The molecule has 1 heterocycles. The summed E-state index contributed by atoms with van der Waals surface area (Å²) in [6.07, 6.45) is 0.851. The summed E-state index contributed by atoms with van der Waals surface area (Å²) >= 11 is 3.29. The van der Waals surface area contributed by atoms with Gasteiger partial charge in [-0.05, 0) is 37.1 Å². The average Bonchev–Trinajstić information content (AvgIpc) is 2.78. The number of rotatable bonds is 3. The summed E-state index contributed by atoms with van der Waals surface area (Å²) in [5.74, 6) is 0.289. The number of sulfonamides is 1. The summed E-state index contributed by atoms with van der Waals surface area (Å²) in [5.41, 5.74) is 5.57. The van der Waals surface area contributed by atoms with Crippen molar-refractivity contribution in [3.63, 3.8) is 0 Å². The van der Waals surface area contributed by atoms with Crippen LogP contribution in [0.5, 0.6) is 0 Å². The number of hydrogen-bond donors (Lipinski definition) is 1. The fourth-order valence-electron chi connectivity index (χ4n) is 1.98. The van der Waals surface area contributed by atoms with Crippen molar-refractivity contribution in [1.29, 1.82) is 0 Å². The predicted molar refractivity (Wildman–Crippen MR) is 70.1 cm³/mol. The molecule has 94 valence electrons. The molecule has 0 amide bonds. The molecule has 0 aliphatic carbocycles. The molecule has 17 heavy (non-hydrogen) atoms. The molecule has 1 aliphatic rings. The number of nitrogens with zero attached hydrogens (tertiary/aromatic N) is 1. The van der Waals surface area contributed by atoms with Gasteiger partial charge in [-0.15, -0.1) is 0 Å². The SMILES string of the molecule is NC[C@@H]1CCN(S(=O)(=O)c2cccc(Br)c2)C1. The van der Waals surface area contributed by atoms with E-state index in [1.165, 1.54) is 4.31 Å². The van der Waals surface area contributed by atoms with Crippen LogP contribution < -0.4 is 5.73 Å². The predicted octanol–water partition coefficient (Wildman–Crippen LogP) is 1.42. The van der Waals surface area contributed by atoms with E-state index in [1.54, 1.807) is 18.2 Å². The maximum atomic E-state index is 12.3. The van der Waals surface area contributed by atoms with Gasteiger partial charge in [0, 0.05) is 17.6 Å². The molecule has 2 N–H and O–H groups in total. The maximum absolute atomic E-state index is 12.3. The minimum Gasteiger partial charge on any atom is -0.330 e. The molecular formula is C11H15BrN2O2S. The average molecular weight is 319 g/mol. The van der Waals surface area contributed by atoms with Crippen LogP contribution >= 0.6 is 15.9 Å². The molecule has 0 aromatic heterocycles. The molecule has 1 aliphatic heterocycles. The number of benzene rings is 1. The van der Waals surface area contributed by atoms with Crippen LogP contribution in [0.3, 0.4) is 0 Å². The minimum atomic E-state index is -3.36. The molecule has 1 aromatic carbocycles. The van der Waals surface area contributed by atoms with Gasteiger partial charge in [0.25, 0.3) is 0 Å². The van der Waals surface area contributed by atoms with E-state index >= 15 is 0 Å². The Kier molecular flexibility index (Phi) is 3.87. The van der Waals surface area contributed by atoms with E-state index in [9.17, 15) is 8.42 Å². The van der Waals surface area contributed by atoms with E-state index in [0.29, 0.717) is 24.5 Å². The van der Waals surface area contributed by atoms with E-state index < -0.39 is 10.0 Å². The van der Waals surface area contributed by atoms with Crippen LogP contribution in [0.4, 0.5) is 0 Å². The Morgan fingerprint density at radius 1 is 1.47 bits per heavy atom. The van der Waals surface area contributed by atoms with Crippen LogP contribution in [-0.2, 0) is 10.0 Å². The fourth-order valence-corrected chi connectivity index (χ4v) is 4.11. The Labute approximate surface area is 110 Å². The summed E-state index contributed by atoms with van der Waals surface area (Å²) in [4.78, 5) is 0.338. The third-order valence-corrected chi connectivity index (χ3v) is 5.37. The molecule has 1 atom stereocenters. The number of hydrogen-bond acceptors (Lipinski definition) is 3. The third-order valence-electron chi connectivity index (χ3n) is 3.02. The van der Waals surface area contributed by atoms with Crippen molar-refractivity contribution in [2.24, 2.45) is 11.7 Å². The zero-order valence-electron chi connectivity index (χ0n) is 9.34. The zero-order valence-corrected chi connectivity index (χ0v) is 11.7. The Balaban J connectivity index is 2.25. The lowest BCUT2D eigenvalue weighted by molar-refractivity contribution is 0.459. The largest absolute Gasteiger partial charge is 0.330 e. The van der Waals surface area contributed by atoms with Crippen molar-refractivity contribution in [3.8, 4) is 0 Å². The standard InChI is InChI=1S/C11H15BrN2O2S/c12-10-2-1-3-11(6-10)17(15,16)14-5-4-9(7-13)8-14/h1-3,6,9H,4-5,7-8,13H2/t9-/m0/s1. The van der Waals surface area contributed by atoms with E-state index in [-0.39, 0.29) is 5.92 Å². The molecule has 1 fully saturated rings. The lowest BCUT2D eigenvalue weighted by Crippen LogP contribution is -2.30. The van der Waals surface area contributed by atoms with Crippen molar-refractivity contribution in [1.82, 2.24) is 4.31 Å². The van der Waals surface area contributed by atoms with E-state index in [0.717, 1.165) is 10.9 Å². The molecule has 0 radical (unpaired) electrons. The zero-order chi connectivity index (χ0) is 12.5. The first-order chi connectivity index (χ1) is 8.04. The molecule has 2 rings (SSSR count). The quantitative estimate of drug-likeness (QED) is 0.916. The van der Waals surface area contributed by atoms with Crippen molar-refractivity contribution < 1.29 is 8.42 Å². The normalized spacial score (nSPS) is 21.9. The van der Waals surface area contributed by atoms with Gasteiger partial charge in [-0.3, -0.25) is 0 Å². The molecule has 0 bridgehead atoms. The summed E-state index contributed by atoms with van der Waals surface area (Å²) in [6.45, 7) is 1.65. The second-order valence-electron chi connectivity index (χ2n) is 4.21. The Morgan fingerprint density at radius 2 is 2.24 bits per heavy atom. The van der Waals surface area contributed by atoms with Crippen LogP contribution in [0, 0.1) is 5.92 Å². The topological polar surface area (TPSA) is 63.4 Å². The number of nitrogens with two attached hydrogens (primary N) is 1. The van der Waals surface area contributed by atoms with Gasteiger partial charge < -0.3 is 5.73 Å². The maximum Gasteiger partial charge on any atom is 0.243 e. The van der Waals surface area contributed by atoms with Crippen molar-refractivity contribution >= 4 is 26.0 Å². The van der Waals surface area contributed by atoms with Gasteiger partial charge in [0.15, 0.2) is 0 Å². The first-order valence-electron chi connectivity index (χ1n) is 5.50. The highest BCUT2D eigenvalue weighted by Gasteiger charge is 2.31. The van der Waals surface area contributed by atoms with E-state index in [4.69, 9.17) is 5.73 Å². The van der Waals surface area contributed by atoms with Crippen molar-refractivity contribution in [2.45, 2.75) is 11.3 Å². The van der Waals surface area contributed by atoms with Crippen LogP contribution in [0.1, 0.15) is 6.42 Å². The molecule has 1 aromatic rings. The van der Waals surface area contributed by atoms with Crippen LogP contribution in [0.25, 0.3) is 0 Å². The van der Waals surface area contributed by atoms with Gasteiger partial charge >= 0.3 is 0 Å². The Morgan fingerprint density at radius 3 is 2.82 bits per heavy atom. The van der Waals surface area contributed by atoms with Crippen molar-refractivity contribution in [2.75, 3.05) is 19.6 Å². The Hall–Kier alpha value is -0.430. The molecular weight excluding hydrogens is 304 g/mol. The molecule has 0 spiro atoms. The lowest BCUT2D eigenvalue weighted by atomic mass is 10.1. The molecule has 1 saturated heterocycles. The second kappa shape index (κ2) is 5.06. The van der Waals surface area contributed by atoms with Gasteiger partial charge in [-0.2, -0.15) is 4.31 Å². The van der Waals surface area contributed by atoms with Gasteiger partial charge in [-0.25, -0.2) is 8.42 Å².